The van der Waals surface area contributed by atoms with Gasteiger partial charge in [0.25, 0.3) is 0 Å². The molecule has 0 bridgehead atoms. The Labute approximate surface area is 117 Å². The SMILES string of the molecule is CCn1nc(C)cc1CC(CC(C)C(C)(C)C)NN. The van der Waals surface area contributed by atoms with Gasteiger partial charge in [0.1, 0.15) is 0 Å². The third kappa shape index (κ3) is 4.62. The highest BCUT2D eigenvalue weighted by atomic mass is 15.3. The molecular weight excluding hydrogens is 236 g/mol. The highest BCUT2D eigenvalue weighted by Crippen LogP contribution is 2.29. The summed E-state index contributed by atoms with van der Waals surface area (Å²) in [5, 5.41) is 4.49. The number of nitrogens with zero attached hydrogens (tertiary/aromatic N) is 2. The topological polar surface area (TPSA) is 55.9 Å². The van der Waals surface area contributed by atoms with Gasteiger partial charge in [-0.25, -0.2) is 0 Å². The van der Waals surface area contributed by atoms with E-state index in [2.05, 4.69) is 55.9 Å². The molecule has 0 spiro atoms. The van der Waals surface area contributed by atoms with Crippen LogP contribution in [0.3, 0.4) is 0 Å². The average Bonchev–Trinajstić information content (AvgIpc) is 2.67. The zero-order chi connectivity index (χ0) is 14.6. The normalized spacial score (nSPS) is 15.5. The molecule has 0 aromatic carbocycles. The van der Waals surface area contributed by atoms with Crippen LogP contribution in [0, 0.1) is 18.3 Å². The lowest BCUT2D eigenvalue weighted by atomic mass is 9.78. The second-order valence-electron chi connectivity index (χ2n) is 6.66. The highest BCUT2D eigenvalue weighted by molar-refractivity contribution is 5.10. The first-order chi connectivity index (χ1) is 8.77. The lowest BCUT2D eigenvalue weighted by Gasteiger charge is -2.30. The lowest BCUT2D eigenvalue weighted by molar-refractivity contribution is 0.221. The quantitative estimate of drug-likeness (QED) is 0.615. The minimum atomic E-state index is 0.302. The van der Waals surface area contributed by atoms with Gasteiger partial charge >= 0.3 is 0 Å². The van der Waals surface area contributed by atoms with E-state index in [1.807, 2.05) is 6.92 Å². The molecule has 1 aromatic heterocycles. The summed E-state index contributed by atoms with van der Waals surface area (Å²) >= 11 is 0. The number of aromatic nitrogens is 2. The standard InChI is InChI=1S/C15H30N4/c1-7-19-14(9-12(3)18-19)10-13(17-16)8-11(2)15(4,5)6/h9,11,13,17H,7-8,10,16H2,1-6H3. The van der Waals surface area contributed by atoms with Gasteiger partial charge in [-0.1, -0.05) is 27.7 Å². The smallest absolute Gasteiger partial charge is 0.0596 e. The largest absolute Gasteiger partial charge is 0.271 e. The van der Waals surface area contributed by atoms with Gasteiger partial charge in [-0.05, 0) is 37.7 Å². The number of hydrogen-bond donors (Lipinski definition) is 2. The highest BCUT2D eigenvalue weighted by Gasteiger charge is 2.24. The van der Waals surface area contributed by atoms with E-state index in [1.165, 1.54) is 5.69 Å². The molecule has 19 heavy (non-hydrogen) atoms. The minimum absolute atomic E-state index is 0.302. The fourth-order valence-corrected chi connectivity index (χ4v) is 2.28. The lowest BCUT2D eigenvalue weighted by Crippen LogP contribution is -2.40. The summed E-state index contributed by atoms with van der Waals surface area (Å²) in [6, 6.07) is 2.46. The fourth-order valence-electron chi connectivity index (χ4n) is 2.28. The molecule has 0 saturated carbocycles. The van der Waals surface area contributed by atoms with Gasteiger partial charge < -0.3 is 0 Å². The first-order valence-electron chi connectivity index (χ1n) is 7.27. The van der Waals surface area contributed by atoms with Gasteiger partial charge in [0.2, 0.25) is 0 Å². The van der Waals surface area contributed by atoms with E-state index in [0.29, 0.717) is 17.4 Å². The predicted molar refractivity (Wildman–Crippen MR) is 80.7 cm³/mol. The molecule has 0 radical (unpaired) electrons. The second kappa shape index (κ2) is 6.53. The number of nitrogens with two attached hydrogens (primary N) is 1. The van der Waals surface area contributed by atoms with Gasteiger partial charge in [-0.15, -0.1) is 0 Å². The van der Waals surface area contributed by atoms with Crippen molar-refractivity contribution in [2.24, 2.45) is 17.2 Å². The number of hydrogen-bond acceptors (Lipinski definition) is 3. The Morgan fingerprint density at radius 2 is 2.05 bits per heavy atom. The summed E-state index contributed by atoms with van der Waals surface area (Å²) in [6.07, 6.45) is 2.01. The first kappa shape index (κ1) is 16.2. The Hall–Kier alpha value is -0.870. The molecule has 4 heteroatoms. The van der Waals surface area contributed by atoms with E-state index >= 15 is 0 Å². The second-order valence-corrected chi connectivity index (χ2v) is 6.66. The summed E-state index contributed by atoms with van der Waals surface area (Å²) in [5.74, 6) is 6.35. The summed E-state index contributed by atoms with van der Waals surface area (Å²) in [4.78, 5) is 0. The van der Waals surface area contributed by atoms with Crippen LogP contribution in [0.4, 0.5) is 0 Å². The van der Waals surface area contributed by atoms with Crippen LogP contribution in [-0.2, 0) is 13.0 Å². The van der Waals surface area contributed by atoms with E-state index in [1.54, 1.807) is 0 Å². The first-order valence-corrected chi connectivity index (χ1v) is 7.27. The number of nitrogens with one attached hydrogen (secondary N) is 1. The van der Waals surface area contributed by atoms with Gasteiger partial charge in [-0.3, -0.25) is 16.0 Å². The molecule has 2 unspecified atom stereocenters. The van der Waals surface area contributed by atoms with Crippen molar-refractivity contribution in [1.29, 1.82) is 0 Å². The van der Waals surface area contributed by atoms with Crippen LogP contribution in [0.15, 0.2) is 6.07 Å². The van der Waals surface area contributed by atoms with Crippen LogP contribution in [0.5, 0.6) is 0 Å². The molecule has 0 amide bonds. The van der Waals surface area contributed by atoms with Crippen molar-refractivity contribution in [1.82, 2.24) is 15.2 Å². The van der Waals surface area contributed by atoms with Crippen molar-refractivity contribution >= 4 is 0 Å². The van der Waals surface area contributed by atoms with Gasteiger partial charge in [0, 0.05) is 24.7 Å². The molecule has 3 N–H and O–H groups in total. The van der Waals surface area contributed by atoms with Crippen LogP contribution < -0.4 is 11.3 Å². The summed E-state index contributed by atoms with van der Waals surface area (Å²) in [6.45, 7) is 14.2. The molecule has 110 valence electrons. The number of aryl methyl sites for hydroxylation is 2. The Balaban J connectivity index is 2.71. The molecule has 0 aliphatic heterocycles. The fraction of sp³-hybridized carbons (Fsp3) is 0.800. The van der Waals surface area contributed by atoms with Crippen molar-refractivity contribution < 1.29 is 0 Å². The third-order valence-electron chi connectivity index (χ3n) is 4.09. The van der Waals surface area contributed by atoms with Crippen molar-refractivity contribution in [3.63, 3.8) is 0 Å². The molecule has 0 fully saturated rings. The summed E-state index contributed by atoms with van der Waals surface area (Å²) in [5.41, 5.74) is 5.64. The molecule has 1 heterocycles. The number of hydrazine groups is 1. The Morgan fingerprint density at radius 1 is 1.42 bits per heavy atom. The van der Waals surface area contributed by atoms with Crippen molar-refractivity contribution in [2.45, 2.75) is 67.0 Å². The maximum atomic E-state index is 5.73. The van der Waals surface area contributed by atoms with Gasteiger partial charge in [0.15, 0.2) is 0 Å². The molecule has 1 aromatic rings. The zero-order valence-electron chi connectivity index (χ0n) is 13.3. The van der Waals surface area contributed by atoms with Crippen LogP contribution >= 0.6 is 0 Å². The van der Waals surface area contributed by atoms with Crippen molar-refractivity contribution in [2.75, 3.05) is 0 Å². The predicted octanol–water partition coefficient (Wildman–Crippen LogP) is 2.66. The Kier molecular flexibility index (Phi) is 5.56. The van der Waals surface area contributed by atoms with Crippen molar-refractivity contribution in [3.8, 4) is 0 Å². The third-order valence-corrected chi connectivity index (χ3v) is 4.09. The Morgan fingerprint density at radius 3 is 2.53 bits per heavy atom. The molecular formula is C15H30N4. The molecule has 4 nitrogen and oxygen atoms in total. The number of rotatable bonds is 6. The van der Waals surface area contributed by atoms with E-state index < -0.39 is 0 Å². The molecule has 0 aliphatic rings. The minimum Gasteiger partial charge on any atom is -0.271 e. The van der Waals surface area contributed by atoms with Gasteiger partial charge in [0.05, 0.1) is 5.69 Å². The van der Waals surface area contributed by atoms with Crippen molar-refractivity contribution in [3.05, 3.63) is 17.5 Å². The summed E-state index contributed by atoms with van der Waals surface area (Å²) < 4.78 is 2.07. The van der Waals surface area contributed by atoms with Crippen LogP contribution in [-0.4, -0.2) is 15.8 Å². The maximum Gasteiger partial charge on any atom is 0.0596 e. The monoisotopic (exact) mass is 266 g/mol. The van der Waals surface area contributed by atoms with E-state index in [-0.39, 0.29) is 0 Å². The van der Waals surface area contributed by atoms with E-state index in [9.17, 15) is 0 Å². The maximum absolute atomic E-state index is 5.73. The van der Waals surface area contributed by atoms with Crippen LogP contribution in [0.2, 0.25) is 0 Å². The van der Waals surface area contributed by atoms with Crippen LogP contribution in [0.25, 0.3) is 0 Å². The van der Waals surface area contributed by atoms with E-state index in [4.69, 9.17) is 5.84 Å². The van der Waals surface area contributed by atoms with E-state index in [0.717, 1.165) is 25.1 Å². The zero-order valence-corrected chi connectivity index (χ0v) is 13.3. The van der Waals surface area contributed by atoms with Crippen LogP contribution in [0.1, 0.15) is 52.4 Å². The molecule has 2 atom stereocenters. The van der Waals surface area contributed by atoms with Gasteiger partial charge in [-0.2, -0.15) is 5.10 Å². The molecule has 0 aliphatic carbocycles. The Bertz CT molecular complexity index is 389. The molecule has 0 saturated heterocycles. The summed E-state index contributed by atoms with van der Waals surface area (Å²) in [7, 11) is 0. The molecule has 1 rings (SSSR count). The average molecular weight is 266 g/mol.